The average Bonchev–Trinajstić information content (AvgIpc) is 2.54. The predicted molar refractivity (Wildman–Crippen MR) is 87.1 cm³/mol. The van der Waals surface area contributed by atoms with Gasteiger partial charge in [0.2, 0.25) is 5.91 Å². The van der Waals surface area contributed by atoms with Crippen molar-refractivity contribution >= 4 is 11.6 Å². The molecule has 2 aromatic carbocycles. The fraction of sp³-hybridized carbons (Fsp3) is 0.278. The van der Waals surface area contributed by atoms with Crippen LogP contribution in [0.25, 0.3) is 0 Å². The normalized spacial score (nSPS) is 13.4. The highest BCUT2D eigenvalue weighted by Gasteiger charge is 2.20. The quantitative estimate of drug-likeness (QED) is 0.844. The number of carbonyl (C=O) groups excluding carboxylic acids is 1. The number of hydrogen-bond donors (Lipinski definition) is 2. The van der Waals surface area contributed by atoms with Crippen molar-refractivity contribution in [3.05, 3.63) is 65.7 Å². The molecule has 0 fully saturated rings. The zero-order valence-corrected chi connectivity index (χ0v) is 13.1. The van der Waals surface area contributed by atoms with Crippen LogP contribution in [0.15, 0.2) is 48.5 Å². The summed E-state index contributed by atoms with van der Waals surface area (Å²) in [6.07, 6.45) is 0.547. The molecule has 5 heteroatoms. The van der Waals surface area contributed by atoms with Crippen molar-refractivity contribution in [3.8, 4) is 0 Å². The molecule has 0 spiro atoms. The summed E-state index contributed by atoms with van der Waals surface area (Å²) in [5.74, 6) is -0.898. The van der Waals surface area contributed by atoms with Gasteiger partial charge in [-0.05, 0) is 43.7 Å². The SMILES string of the molecule is CCC(NC(C)c1ccccc1F)C(=O)Nc1ccc(F)cc1. The lowest BCUT2D eigenvalue weighted by Crippen LogP contribution is -2.41. The molecule has 0 bridgehead atoms. The Labute approximate surface area is 134 Å². The average molecular weight is 318 g/mol. The van der Waals surface area contributed by atoms with E-state index in [2.05, 4.69) is 10.6 Å². The van der Waals surface area contributed by atoms with Gasteiger partial charge in [-0.2, -0.15) is 0 Å². The lowest BCUT2D eigenvalue weighted by atomic mass is 10.1. The van der Waals surface area contributed by atoms with Crippen LogP contribution in [0.2, 0.25) is 0 Å². The third-order valence-corrected chi connectivity index (χ3v) is 3.66. The number of hydrogen-bond acceptors (Lipinski definition) is 2. The van der Waals surface area contributed by atoms with E-state index < -0.39 is 6.04 Å². The first-order chi connectivity index (χ1) is 11.0. The number of halogens is 2. The summed E-state index contributed by atoms with van der Waals surface area (Å²) >= 11 is 0. The highest BCUT2D eigenvalue weighted by Crippen LogP contribution is 2.18. The van der Waals surface area contributed by atoms with E-state index in [-0.39, 0.29) is 23.6 Å². The van der Waals surface area contributed by atoms with Crippen molar-refractivity contribution in [3.63, 3.8) is 0 Å². The summed E-state index contributed by atoms with van der Waals surface area (Å²) in [4.78, 5) is 12.3. The smallest absolute Gasteiger partial charge is 0.241 e. The van der Waals surface area contributed by atoms with Gasteiger partial charge in [-0.3, -0.25) is 10.1 Å². The minimum atomic E-state index is -0.477. The first-order valence-corrected chi connectivity index (χ1v) is 7.58. The molecule has 0 aromatic heterocycles. The minimum Gasteiger partial charge on any atom is -0.325 e. The van der Waals surface area contributed by atoms with Gasteiger partial charge in [-0.15, -0.1) is 0 Å². The molecule has 2 N–H and O–H groups in total. The van der Waals surface area contributed by atoms with Crippen molar-refractivity contribution in [1.82, 2.24) is 5.32 Å². The van der Waals surface area contributed by atoms with Crippen LogP contribution < -0.4 is 10.6 Å². The van der Waals surface area contributed by atoms with Gasteiger partial charge in [0, 0.05) is 17.3 Å². The van der Waals surface area contributed by atoms with Crippen LogP contribution in [-0.4, -0.2) is 11.9 Å². The predicted octanol–water partition coefficient (Wildman–Crippen LogP) is 4.03. The third-order valence-electron chi connectivity index (χ3n) is 3.66. The Morgan fingerprint density at radius 2 is 1.74 bits per heavy atom. The maximum atomic E-state index is 13.8. The maximum absolute atomic E-state index is 13.8. The highest BCUT2D eigenvalue weighted by molar-refractivity contribution is 5.94. The molecule has 0 heterocycles. The van der Waals surface area contributed by atoms with Gasteiger partial charge in [0.15, 0.2) is 0 Å². The van der Waals surface area contributed by atoms with Gasteiger partial charge < -0.3 is 5.32 Å². The fourth-order valence-electron chi connectivity index (χ4n) is 2.36. The van der Waals surface area contributed by atoms with E-state index in [0.29, 0.717) is 17.7 Å². The van der Waals surface area contributed by atoms with Crippen molar-refractivity contribution in [1.29, 1.82) is 0 Å². The molecule has 2 rings (SSSR count). The fourth-order valence-corrected chi connectivity index (χ4v) is 2.36. The molecule has 0 radical (unpaired) electrons. The van der Waals surface area contributed by atoms with E-state index in [1.807, 2.05) is 13.8 Å². The molecular formula is C18H20F2N2O. The van der Waals surface area contributed by atoms with Gasteiger partial charge in [-0.1, -0.05) is 25.1 Å². The van der Waals surface area contributed by atoms with Crippen molar-refractivity contribution in [2.45, 2.75) is 32.4 Å². The molecule has 23 heavy (non-hydrogen) atoms. The third kappa shape index (κ3) is 4.60. The number of benzene rings is 2. The van der Waals surface area contributed by atoms with E-state index in [1.165, 1.54) is 30.3 Å². The van der Waals surface area contributed by atoms with Gasteiger partial charge in [0.25, 0.3) is 0 Å². The topological polar surface area (TPSA) is 41.1 Å². The molecule has 0 aliphatic rings. The monoisotopic (exact) mass is 318 g/mol. The maximum Gasteiger partial charge on any atom is 0.241 e. The number of carbonyl (C=O) groups is 1. The summed E-state index contributed by atoms with van der Waals surface area (Å²) < 4.78 is 26.7. The molecule has 2 atom stereocenters. The number of rotatable bonds is 6. The Morgan fingerprint density at radius 3 is 2.35 bits per heavy atom. The second kappa shape index (κ2) is 7.83. The summed E-state index contributed by atoms with van der Waals surface area (Å²) in [6.45, 7) is 3.68. The van der Waals surface area contributed by atoms with Gasteiger partial charge in [-0.25, -0.2) is 8.78 Å². The Balaban J connectivity index is 2.02. The molecule has 3 nitrogen and oxygen atoms in total. The molecule has 0 aliphatic heterocycles. The van der Waals surface area contributed by atoms with Crippen LogP contribution in [0.3, 0.4) is 0 Å². The molecule has 0 aliphatic carbocycles. The summed E-state index contributed by atoms with van der Waals surface area (Å²) in [6, 6.07) is 11.3. The van der Waals surface area contributed by atoms with Gasteiger partial charge in [0.1, 0.15) is 11.6 Å². The van der Waals surface area contributed by atoms with E-state index in [4.69, 9.17) is 0 Å². The Hall–Kier alpha value is -2.27. The van der Waals surface area contributed by atoms with Crippen LogP contribution in [0, 0.1) is 11.6 Å². The zero-order valence-electron chi connectivity index (χ0n) is 13.1. The largest absolute Gasteiger partial charge is 0.325 e. The van der Waals surface area contributed by atoms with Crippen LogP contribution >= 0.6 is 0 Å². The Kier molecular flexibility index (Phi) is 5.82. The molecule has 0 saturated heterocycles. The Bertz CT molecular complexity index is 658. The first-order valence-electron chi connectivity index (χ1n) is 7.58. The van der Waals surface area contributed by atoms with E-state index in [9.17, 15) is 13.6 Å². The number of anilines is 1. The van der Waals surface area contributed by atoms with Gasteiger partial charge in [0.05, 0.1) is 6.04 Å². The second-order valence-electron chi connectivity index (χ2n) is 5.37. The van der Waals surface area contributed by atoms with Crippen LogP contribution in [0.5, 0.6) is 0 Å². The molecule has 122 valence electrons. The molecular weight excluding hydrogens is 298 g/mol. The van der Waals surface area contributed by atoms with Crippen molar-refractivity contribution in [2.75, 3.05) is 5.32 Å². The molecule has 0 saturated carbocycles. The lowest BCUT2D eigenvalue weighted by Gasteiger charge is -2.22. The number of nitrogens with one attached hydrogen (secondary N) is 2. The summed E-state index contributed by atoms with van der Waals surface area (Å²) in [5, 5.41) is 5.86. The summed E-state index contributed by atoms with van der Waals surface area (Å²) in [5.41, 5.74) is 1.04. The van der Waals surface area contributed by atoms with Crippen molar-refractivity contribution in [2.24, 2.45) is 0 Å². The second-order valence-corrected chi connectivity index (χ2v) is 5.37. The standard InChI is InChI=1S/C18H20F2N2O/c1-3-17(18(23)22-14-10-8-13(19)9-11-14)21-12(2)15-6-4-5-7-16(15)20/h4-12,17,21H,3H2,1-2H3,(H,22,23). The molecule has 2 unspecified atom stereocenters. The van der Waals surface area contributed by atoms with Crippen molar-refractivity contribution < 1.29 is 13.6 Å². The summed E-state index contributed by atoms with van der Waals surface area (Å²) in [7, 11) is 0. The van der Waals surface area contributed by atoms with Crippen LogP contribution in [-0.2, 0) is 4.79 Å². The van der Waals surface area contributed by atoms with E-state index in [0.717, 1.165) is 0 Å². The number of amides is 1. The minimum absolute atomic E-state index is 0.234. The Morgan fingerprint density at radius 1 is 1.09 bits per heavy atom. The van der Waals surface area contributed by atoms with Crippen LogP contribution in [0.1, 0.15) is 31.9 Å². The highest BCUT2D eigenvalue weighted by atomic mass is 19.1. The lowest BCUT2D eigenvalue weighted by molar-refractivity contribution is -0.118. The van der Waals surface area contributed by atoms with E-state index >= 15 is 0 Å². The first kappa shape index (κ1) is 17.1. The van der Waals surface area contributed by atoms with Crippen LogP contribution in [0.4, 0.5) is 14.5 Å². The molecule has 1 amide bonds. The molecule has 2 aromatic rings. The zero-order chi connectivity index (χ0) is 16.8. The van der Waals surface area contributed by atoms with E-state index in [1.54, 1.807) is 18.2 Å². The van der Waals surface area contributed by atoms with Gasteiger partial charge >= 0.3 is 0 Å².